The minimum atomic E-state index is -0.0702. The number of nitrogens with zero attached hydrogens (tertiary/aromatic N) is 4. The van der Waals surface area contributed by atoms with Gasteiger partial charge < -0.3 is 14.8 Å². The third-order valence-electron chi connectivity index (χ3n) is 5.41. The van der Waals surface area contributed by atoms with Crippen LogP contribution in [0.5, 0.6) is 0 Å². The summed E-state index contributed by atoms with van der Waals surface area (Å²) in [6.07, 6.45) is 3.12. The van der Waals surface area contributed by atoms with Gasteiger partial charge in [0.25, 0.3) is 11.8 Å². The first kappa shape index (κ1) is 17.8. The molecule has 146 valence electrons. The molecule has 5 rings (SSSR count). The van der Waals surface area contributed by atoms with Gasteiger partial charge >= 0.3 is 0 Å². The van der Waals surface area contributed by atoms with Crippen LogP contribution in [-0.4, -0.2) is 62.7 Å². The van der Waals surface area contributed by atoms with Crippen LogP contribution in [0.2, 0.25) is 0 Å². The Hall–Kier alpha value is -3.26. The van der Waals surface area contributed by atoms with Crippen LogP contribution in [0.15, 0.2) is 42.9 Å². The number of nitrogens with one attached hydrogen (secondary N) is 1. The van der Waals surface area contributed by atoms with Crippen molar-refractivity contribution in [2.75, 3.05) is 26.2 Å². The van der Waals surface area contributed by atoms with Crippen molar-refractivity contribution < 1.29 is 9.59 Å². The molecule has 0 atom stereocenters. The van der Waals surface area contributed by atoms with Crippen LogP contribution in [0.25, 0.3) is 21.3 Å². The SMILES string of the molecule is Cc1c(C(=O)N2CCN(C(=O)c3cnc4nc[nH]c4c3)CC2)sc2ccccc12. The van der Waals surface area contributed by atoms with E-state index in [-0.39, 0.29) is 11.8 Å². The van der Waals surface area contributed by atoms with Crippen molar-refractivity contribution in [3.8, 4) is 0 Å². The van der Waals surface area contributed by atoms with Crippen molar-refractivity contribution in [1.82, 2.24) is 24.8 Å². The monoisotopic (exact) mass is 405 g/mol. The molecule has 0 unspecified atom stereocenters. The van der Waals surface area contributed by atoms with Gasteiger partial charge in [-0.2, -0.15) is 0 Å². The van der Waals surface area contributed by atoms with Gasteiger partial charge in [-0.05, 0) is 30.0 Å². The Balaban J connectivity index is 1.29. The Kier molecular flexibility index (Phi) is 4.28. The van der Waals surface area contributed by atoms with E-state index in [1.807, 2.05) is 30.0 Å². The molecule has 1 aliphatic rings. The predicted molar refractivity (Wildman–Crippen MR) is 112 cm³/mol. The Bertz CT molecular complexity index is 1240. The van der Waals surface area contributed by atoms with Crippen LogP contribution < -0.4 is 0 Å². The summed E-state index contributed by atoms with van der Waals surface area (Å²) in [5.41, 5.74) is 2.90. The van der Waals surface area contributed by atoms with E-state index in [0.717, 1.165) is 26.0 Å². The van der Waals surface area contributed by atoms with Crippen LogP contribution in [0.1, 0.15) is 25.6 Å². The standard InChI is InChI=1S/C21H19N5O2S/c1-13-15-4-2-3-5-17(15)29-18(13)21(28)26-8-6-25(7-9-26)20(27)14-10-16-19(22-11-14)24-12-23-16/h2-5,10-12H,6-9H2,1H3,(H,22,23,24). The molecule has 1 fully saturated rings. The highest BCUT2D eigenvalue weighted by molar-refractivity contribution is 7.21. The molecule has 0 radical (unpaired) electrons. The molecule has 0 bridgehead atoms. The lowest BCUT2D eigenvalue weighted by molar-refractivity contribution is 0.0537. The second kappa shape index (κ2) is 6.97. The van der Waals surface area contributed by atoms with Crippen LogP contribution in [0.3, 0.4) is 0 Å². The van der Waals surface area contributed by atoms with Crippen molar-refractivity contribution in [3.05, 3.63) is 58.9 Å². The first-order valence-electron chi connectivity index (χ1n) is 9.47. The smallest absolute Gasteiger partial charge is 0.264 e. The molecule has 1 aliphatic heterocycles. The number of hydrogen-bond acceptors (Lipinski definition) is 5. The summed E-state index contributed by atoms with van der Waals surface area (Å²) in [5, 5.41) is 1.14. The molecule has 8 heteroatoms. The largest absolute Gasteiger partial charge is 0.343 e. The number of aromatic amines is 1. The van der Waals surface area contributed by atoms with Gasteiger partial charge in [-0.1, -0.05) is 18.2 Å². The fraction of sp³-hybridized carbons (Fsp3) is 0.238. The highest BCUT2D eigenvalue weighted by Gasteiger charge is 2.27. The maximum absolute atomic E-state index is 13.1. The number of piperazine rings is 1. The molecule has 4 aromatic rings. The number of rotatable bonds is 2. The predicted octanol–water partition coefficient (Wildman–Crippen LogP) is 3.08. The average molecular weight is 405 g/mol. The van der Waals surface area contributed by atoms with Crippen LogP contribution in [-0.2, 0) is 0 Å². The molecule has 0 spiro atoms. The molecular weight excluding hydrogens is 386 g/mol. The third-order valence-corrected chi connectivity index (χ3v) is 6.67. The molecule has 1 aromatic carbocycles. The van der Waals surface area contributed by atoms with Crippen molar-refractivity contribution in [1.29, 1.82) is 0 Å². The van der Waals surface area contributed by atoms with Gasteiger partial charge in [0.1, 0.15) is 0 Å². The first-order valence-corrected chi connectivity index (χ1v) is 10.3. The fourth-order valence-corrected chi connectivity index (χ4v) is 4.94. The van der Waals surface area contributed by atoms with Crippen molar-refractivity contribution in [2.45, 2.75) is 6.92 Å². The number of imidazole rings is 1. The number of H-pyrrole nitrogens is 1. The van der Waals surface area contributed by atoms with E-state index in [2.05, 4.69) is 21.0 Å². The van der Waals surface area contributed by atoms with E-state index >= 15 is 0 Å². The number of amides is 2. The maximum Gasteiger partial charge on any atom is 0.264 e. The summed E-state index contributed by atoms with van der Waals surface area (Å²) in [6, 6.07) is 9.86. The summed E-state index contributed by atoms with van der Waals surface area (Å²) in [6.45, 7) is 4.07. The highest BCUT2D eigenvalue weighted by atomic mass is 32.1. The zero-order valence-corrected chi connectivity index (χ0v) is 16.7. The Morgan fingerprint density at radius 3 is 2.52 bits per heavy atom. The van der Waals surface area contributed by atoms with Gasteiger partial charge in [-0.25, -0.2) is 9.97 Å². The number of hydrogen-bond donors (Lipinski definition) is 1. The molecule has 7 nitrogen and oxygen atoms in total. The number of carbonyl (C=O) groups is 2. The third kappa shape index (κ3) is 3.05. The zero-order chi connectivity index (χ0) is 20.0. The van der Waals surface area contributed by atoms with Crippen LogP contribution in [0, 0.1) is 6.92 Å². The summed E-state index contributed by atoms with van der Waals surface area (Å²) in [7, 11) is 0. The molecule has 1 N–H and O–H groups in total. The number of carbonyl (C=O) groups excluding carboxylic acids is 2. The second-order valence-electron chi connectivity index (χ2n) is 7.13. The summed E-state index contributed by atoms with van der Waals surface area (Å²) in [4.78, 5) is 41.6. The van der Waals surface area contributed by atoms with Crippen molar-refractivity contribution in [2.24, 2.45) is 0 Å². The van der Waals surface area contributed by atoms with Gasteiger partial charge in [0.15, 0.2) is 5.65 Å². The van der Waals surface area contributed by atoms with Gasteiger partial charge in [0.2, 0.25) is 0 Å². The van der Waals surface area contributed by atoms with E-state index in [9.17, 15) is 9.59 Å². The van der Waals surface area contributed by atoms with E-state index in [1.54, 1.807) is 34.8 Å². The van der Waals surface area contributed by atoms with Crippen LogP contribution >= 0.6 is 11.3 Å². The molecule has 1 saturated heterocycles. The molecular formula is C21H19N5O2S. The lowest BCUT2D eigenvalue weighted by Gasteiger charge is -2.34. The average Bonchev–Trinajstić information content (AvgIpc) is 3.37. The summed E-state index contributed by atoms with van der Waals surface area (Å²) < 4.78 is 1.13. The number of aromatic nitrogens is 3. The topological polar surface area (TPSA) is 82.2 Å². The zero-order valence-electron chi connectivity index (χ0n) is 15.9. The molecule has 4 heterocycles. The van der Waals surface area contributed by atoms with E-state index in [1.165, 1.54) is 0 Å². The second-order valence-corrected chi connectivity index (χ2v) is 8.19. The first-order chi connectivity index (χ1) is 14.1. The Morgan fingerprint density at radius 2 is 1.76 bits per heavy atom. The van der Waals surface area contributed by atoms with Crippen molar-refractivity contribution in [3.63, 3.8) is 0 Å². The Labute approximate surface area is 171 Å². The molecule has 0 saturated carbocycles. The van der Waals surface area contributed by atoms with Crippen molar-refractivity contribution >= 4 is 44.4 Å². The number of fused-ring (bicyclic) bond motifs is 2. The van der Waals surface area contributed by atoms with E-state index in [0.29, 0.717) is 37.4 Å². The minimum absolute atomic E-state index is 0.0522. The molecule has 2 amide bonds. The van der Waals surface area contributed by atoms with Gasteiger partial charge in [-0.3, -0.25) is 9.59 Å². The quantitative estimate of drug-likeness (QED) is 0.556. The lowest BCUT2D eigenvalue weighted by atomic mass is 10.1. The maximum atomic E-state index is 13.1. The minimum Gasteiger partial charge on any atom is -0.343 e. The number of thiophene rings is 1. The summed E-state index contributed by atoms with van der Waals surface area (Å²) in [5.74, 6) is -0.0181. The van der Waals surface area contributed by atoms with E-state index in [4.69, 9.17) is 0 Å². The van der Waals surface area contributed by atoms with Gasteiger partial charge in [0.05, 0.1) is 22.3 Å². The van der Waals surface area contributed by atoms with Gasteiger partial charge in [0, 0.05) is 37.1 Å². The number of pyridine rings is 1. The highest BCUT2D eigenvalue weighted by Crippen LogP contribution is 2.31. The normalized spacial score (nSPS) is 14.7. The summed E-state index contributed by atoms with van der Waals surface area (Å²) >= 11 is 1.54. The van der Waals surface area contributed by atoms with Crippen LogP contribution in [0.4, 0.5) is 0 Å². The van der Waals surface area contributed by atoms with Gasteiger partial charge in [-0.15, -0.1) is 11.3 Å². The number of benzene rings is 1. The lowest BCUT2D eigenvalue weighted by Crippen LogP contribution is -2.50. The fourth-order valence-electron chi connectivity index (χ4n) is 3.76. The Morgan fingerprint density at radius 1 is 1.03 bits per heavy atom. The number of aryl methyl sites for hydroxylation is 1. The van der Waals surface area contributed by atoms with E-state index < -0.39 is 0 Å². The molecule has 29 heavy (non-hydrogen) atoms. The molecule has 0 aliphatic carbocycles. The molecule has 3 aromatic heterocycles.